The average molecular weight is 727 g/mol. The van der Waals surface area contributed by atoms with E-state index in [4.69, 9.17) is 9.68 Å². The summed E-state index contributed by atoms with van der Waals surface area (Å²) in [5.74, 6) is 2.48. The zero-order chi connectivity index (χ0) is 40.0. The first kappa shape index (κ1) is 58.2. The van der Waals surface area contributed by atoms with Crippen LogP contribution in [0.5, 0.6) is 0 Å². The molecule has 0 saturated heterocycles. The van der Waals surface area contributed by atoms with Crippen molar-refractivity contribution >= 4 is 22.8 Å². The lowest BCUT2D eigenvalue weighted by atomic mass is 9.99. The van der Waals surface area contributed by atoms with E-state index in [2.05, 4.69) is 128 Å². The Morgan fingerprint density at radius 2 is 1.08 bits per heavy atom. The molecule has 4 rings (SSSR count). The van der Waals surface area contributed by atoms with Gasteiger partial charge in [-0.25, -0.2) is 0 Å². The number of hydrogen-bond acceptors (Lipinski definition) is 8. The molecule has 0 aromatic carbocycles. The summed E-state index contributed by atoms with van der Waals surface area (Å²) in [4.78, 5) is 10.4. The molecule has 0 aromatic rings. The third-order valence-corrected chi connectivity index (χ3v) is 8.58. The third-order valence-electron chi connectivity index (χ3n) is 8.58. The highest BCUT2D eigenvalue weighted by atomic mass is 16.6. The van der Waals surface area contributed by atoms with Gasteiger partial charge in [-0.15, -0.1) is 0 Å². The van der Waals surface area contributed by atoms with E-state index in [1.165, 1.54) is 42.1 Å². The van der Waals surface area contributed by atoms with Crippen LogP contribution in [0.25, 0.3) is 0 Å². The molecule has 51 heavy (non-hydrogen) atoms. The maximum atomic E-state index is 5.21. The van der Waals surface area contributed by atoms with E-state index in [0.29, 0.717) is 48.0 Å². The molecule has 4 unspecified atom stereocenters. The molecule has 0 N–H and O–H groups in total. The van der Waals surface area contributed by atoms with Gasteiger partial charge in [-0.3, -0.25) is 10.0 Å². The second-order valence-corrected chi connectivity index (χ2v) is 13.4. The molecule has 4 aliphatic rings. The monoisotopic (exact) mass is 727 g/mol. The van der Waals surface area contributed by atoms with E-state index in [1.54, 1.807) is 0 Å². The first-order chi connectivity index (χ1) is 23.8. The maximum Gasteiger partial charge on any atom is 0.135 e. The first-order valence-corrected chi connectivity index (χ1v) is 20.8. The molecule has 4 aliphatic heterocycles. The largest absolute Gasteiger partial charge is 0.392 e. The average Bonchev–Trinajstić information content (AvgIpc) is 3.95. The Labute approximate surface area is 321 Å². The molecule has 0 spiro atoms. The summed E-state index contributed by atoms with van der Waals surface area (Å²) in [5, 5.41) is 21.1. The Hall–Kier alpha value is -2.12. The fraction of sp³-hybridized carbons (Fsp3) is 0.907. The van der Waals surface area contributed by atoms with Crippen molar-refractivity contribution in [3.63, 3.8) is 0 Å². The minimum atomic E-state index is 0. The lowest BCUT2D eigenvalue weighted by Gasteiger charge is -2.21. The van der Waals surface area contributed by atoms with Crippen molar-refractivity contribution in [2.75, 3.05) is 14.1 Å². The summed E-state index contributed by atoms with van der Waals surface area (Å²) in [5.41, 5.74) is 5.14. The quantitative estimate of drug-likeness (QED) is 0.250. The Balaban J connectivity index is -0.000000172. The zero-order valence-corrected chi connectivity index (χ0v) is 37.8. The number of oxime groups is 2. The van der Waals surface area contributed by atoms with Crippen LogP contribution >= 0.6 is 0 Å². The number of nitrogens with zero attached hydrogens (tertiary/aromatic N) is 6. The Bertz CT molecular complexity index is 895. The van der Waals surface area contributed by atoms with Crippen LogP contribution < -0.4 is 0 Å². The molecule has 0 saturated carbocycles. The molecule has 4 heterocycles. The SMILES string of the molecule is C.CC.CC.CC.CC.CCC1=NN(C)C(C(C)C)C1.CCC1=NOC(C(C)C)C1.CCC1CC(C(C)C)=NN1C.CCC1CC(C(C)C)=NO1. The van der Waals surface area contributed by atoms with Gasteiger partial charge in [-0.1, -0.05) is 156 Å². The van der Waals surface area contributed by atoms with Gasteiger partial charge >= 0.3 is 0 Å². The van der Waals surface area contributed by atoms with Gasteiger partial charge in [-0.2, -0.15) is 10.2 Å². The summed E-state index contributed by atoms with van der Waals surface area (Å²) < 4.78 is 0. The van der Waals surface area contributed by atoms with Crippen LogP contribution in [0.4, 0.5) is 0 Å². The minimum absolute atomic E-state index is 0. The third kappa shape index (κ3) is 24.7. The van der Waals surface area contributed by atoms with Gasteiger partial charge in [0.25, 0.3) is 0 Å². The van der Waals surface area contributed by atoms with Gasteiger partial charge in [0.1, 0.15) is 12.2 Å². The highest BCUT2D eigenvalue weighted by Gasteiger charge is 2.25. The maximum absolute atomic E-state index is 5.21. The second kappa shape index (κ2) is 36.2. The molecular weight excluding hydrogens is 633 g/mol. The summed E-state index contributed by atoms with van der Waals surface area (Å²) >= 11 is 0. The topological polar surface area (TPSA) is 74.4 Å². The van der Waals surface area contributed by atoms with Crippen molar-refractivity contribution in [3.05, 3.63) is 0 Å². The fourth-order valence-corrected chi connectivity index (χ4v) is 5.08. The molecule has 308 valence electrons. The van der Waals surface area contributed by atoms with Crippen molar-refractivity contribution in [1.82, 2.24) is 10.0 Å². The Morgan fingerprint density at radius 1 is 0.569 bits per heavy atom. The smallest absolute Gasteiger partial charge is 0.135 e. The van der Waals surface area contributed by atoms with E-state index in [-0.39, 0.29) is 7.43 Å². The molecular formula is C43H94N6O2. The van der Waals surface area contributed by atoms with E-state index >= 15 is 0 Å². The first-order valence-electron chi connectivity index (χ1n) is 20.8. The number of rotatable bonds is 8. The zero-order valence-electron chi connectivity index (χ0n) is 37.8. The summed E-state index contributed by atoms with van der Waals surface area (Å²) in [6.45, 7) is 42.2. The standard InChI is InChI=1S/2C9H18N2.2C8H15NO.4C2H6.CH4/c1-5-8-6-9(7(2)3)10-11(8)4;1-5-8-6-9(7(2)3)11(4)10-8;1-4-7-5-8(6(2)3)9-10-7;1-4-7-5-8(6(2)3)10-9-7;4*1-2;/h7-8H,5-6H2,1-4H3;7,9H,5-6H2,1-4H3;6-7H,4-5H2,1-3H3;6,8H,4-5H2,1-3H3;4*1-2H3;1H4. The van der Waals surface area contributed by atoms with Gasteiger partial charge in [-0.05, 0) is 49.4 Å². The van der Waals surface area contributed by atoms with E-state index in [1.807, 2.05) is 55.4 Å². The molecule has 0 aromatic heterocycles. The minimum Gasteiger partial charge on any atom is -0.392 e. The fourth-order valence-electron chi connectivity index (χ4n) is 5.08. The summed E-state index contributed by atoms with van der Waals surface area (Å²) in [6.07, 6.45) is 9.53. The molecule has 4 atom stereocenters. The van der Waals surface area contributed by atoms with Crippen molar-refractivity contribution in [1.29, 1.82) is 0 Å². The van der Waals surface area contributed by atoms with Gasteiger partial charge in [0.15, 0.2) is 0 Å². The van der Waals surface area contributed by atoms with Gasteiger partial charge in [0, 0.05) is 51.2 Å². The lowest BCUT2D eigenvalue weighted by Crippen LogP contribution is -2.27. The summed E-state index contributed by atoms with van der Waals surface area (Å²) in [7, 11) is 4.15. The van der Waals surface area contributed by atoms with E-state index < -0.39 is 0 Å². The Kier molecular flexibility index (Phi) is 41.4. The van der Waals surface area contributed by atoms with Crippen LogP contribution in [-0.4, -0.2) is 71.3 Å². The van der Waals surface area contributed by atoms with Crippen LogP contribution in [0, 0.1) is 23.7 Å². The normalized spacial score (nSPS) is 20.8. The summed E-state index contributed by atoms with van der Waals surface area (Å²) in [6, 6.07) is 1.30. The lowest BCUT2D eigenvalue weighted by molar-refractivity contribution is 0.0521. The van der Waals surface area contributed by atoms with Crippen LogP contribution in [0.1, 0.15) is 197 Å². The van der Waals surface area contributed by atoms with Gasteiger partial charge in [0.2, 0.25) is 0 Å². The highest BCUT2D eigenvalue weighted by molar-refractivity contribution is 5.88. The van der Waals surface area contributed by atoms with Crippen LogP contribution in [-0.2, 0) is 9.68 Å². The second-order valence-electron chi connectivity index (χ2n) is 13.4. The molecule has 8 nitrogen and oxygen atoms in total. The molecule has 0 bridgehead atoms. The van der Waals surface area contributed by atoms with Crippen LogP contribution in [0.2, 0.25) is 0 Å². The highest BCUT2D eigenvalue weighted by Crippen LogP contribution is 2.22. The van der Waals surface area contributed by atoms with Gasteiger partial charge in [0.05, 0.1) is 23.5 Å². The molecule has 0 fully saturated rings. The van der Waals surface area contributed by atoms with Crippen molar-refractivity contribution in [3.8, 4) is 0 Å². The molecule has 8 heteroatoms. The van der Waals surface area contributed by atoms with Gasteiger partial charge < -0.3 is 9.68 Å². The van der Waals surface area contributed by atoms with Crippen molar-refractivity contribution in [2.24, 2.45) is 44.2 Å². The van der Waals surface area contributed by atoms with Crippen molar-refractivity contribution in [2.45, 2.75) is 222 Å². The van der Waals surface area contributed by atoms with Crippen LogP contribution in [0.3, 0.4) is 0 Å². The Morgan fingerprint density at radius 3 is 1.31 bits per heavy atom. The molecule has 0 amide bonds. The molecule has 0 aliphatic carbocycles. The number of hydrogen-bond donors (Lipinski definition) is 0. The predicted molar refractivity (Wildman–Crippen MR) is 234 cm³/mol. The predicted octanol–water partition coefficient (Wildman–Crippen LogP) is 13.4. The van der Waals surface area contributed by atoms with Crippen LogP contribution in [0.15, 0.2) is 20.5 Å². The van der Waals surface area contributed by atoms with E-state index in [9.17, 15) is 0 Å². The van der Waals surface area contributed by atoms with E-state index in [0.717, 1.165) is 32.1 Å². The molecule has 0 radical (unpaired) electrons. The van der Waals surface area contributed by atoms with Crippen molar-refractivity contribution < 1.29 is 9.68 Å². The number of hydrazone groups is 2.